The van der Waals surface area contributed by atoms with E-state index in [-0.39, 0.29) is 17.6 Å². The first kappa shape index (κ1) is 26.1. The number of halogens is 1. The molecule has 2 heterocycles. The van der Waals surface area contributed by atoms with Crippen molar-refractivity contribution in [3.8, 4) is 29.1 Å². The highest BCUT2D eigenvalue weighted by Gasteiger charge is 2.41. The summed E-state index contributed by atoms with van der Waals surface area (Å²) in [4.78, 5) is 25.1. The summed E-state index contributed by atoms with van der Waals surface area (Å²) in [6, 6.07) is 15.2. The number of fused-ring (bicyclic) bond motifs is 1. The molecule has 2 aromatic carbocycles. The van der Waals surface area contributed by atoms with Crippen LogP contribution in [0.5, 0.6) is 11.6 Å². The molecule has 0 amide bonds. The lowest BCUT2D eigenvalue weighted by Crippen LogP contribution is -2.27. The first-order valence-electron chi connectivity index (χ1n) is 13.4. The van der Waals surface area contributed by atoms with Gasteiger partial charge in [-0.3, -0.25) is 4.79 Å². The van der Waals surface area contributed by atoms with Crippen molar-refractivity contribution in [1.29, 1.82) is 5.26 Å². The van der Waals surface area contributed by atoms with Crippen molar-refractivity contribution in [3.63, 3.8) is 0 Å². The number of hydrogen-bond acceptors (Lipinski definition) is 7. The van der Waals surface area contributed by atoms with E-state index in [1.807, 2.05) is 41.8 Å². The van der Waals surface area contributed by atoms with Gasteiger partial charge in [-0.2, -0.15) is 10.2 Å². The Morgan fingerprint density at radius 2 is 1.95 bits per heavy atom. The van der Waals surface area contributed by atoms with Crippen LogP contribution in [0, 0.1) is 17.2 Å². The van der Waals surface area contributed by atoms with Crippen molar-refractivity contribution in [2.24, 2.45) is 5.92 Å². The number of carboxylic acid groups (broad SMARTS) is 1. The summed E-state index contributed by atoms with van der Waals surface area (Å²) in [7, 11) is 0. The van der Waals surface area contributed by atoms with Crippen LogP contribution in [0.2, 0.25) is 5.02 Å². The molecule has 0 radical (unpaired) electrons. The molecular weight excluding hydrogens is 530 g/mol. The Kier molecular flexibility index (Phi) is 6.80. The van der Waals surface area contributed by atoms with Crippen molar-refractivity contribution >= 4 is 28.7 Å². The van der Waals surface area contributed by atoms with Crippen molar-refractivity contribution in [2.75, 3.05) is 0 Å². The third kappa shape index (κ3) is 5.19. The highest BCUT2D eigenvalue weighted by molar-refractivity contribution is 6.33. The smallest absolute Gasteiger partial charge is 0.306 e. The number of carboxylic acids is 1. The first-order valence-corrected chi connectivity index (χ1v) is 13.8. The van der Waals surface area contributed by atoms with E-state index < -0.39 is 5.97 Å². The summed E-state index contributed by atoms with van der Waals surface area (Å²) < 4.78 is 14.3. The van der Waals surface area contributed by atoms with E-state index in [4.69, 9.17) is 26.1 Å². The molecule has 0 atom stereocenters. The second kappa shape index (κ2) is 10.4. The van der Waals surface area contributed by atoms with E-state index in [0.717, 1.165) is 18.4 Å². The molecule has 0 saturated heterocycles. The maximum Gasteiger partial charge on any atom is 0.306 e. The van der Waals surface area contributed by atoms with Crippen LogP contribution in [0.4, 0.5) is 0 Å². The minimum absolute atomic E-state index is 0.0525. The lowest BCUT2D eigenvalue weighted by atomic mass is 9.87. The minimum Gasteiger partial charge on any atom is -0.490 e. The zero-order valence-electron chi connectivity index (χ0n) is 22.0. The second-order valence-corrected chi connectivity index (χ2v) is 11.2. The molecule has 10 heteroatoms. The van der Waals surface area contributed by atoms with E-state index in [9.17, 15) is 15.2 Å². The molecule has 0 unspecified atom stereocenters. The monoisotopic (exact) mass is 557 g/mol. The molecule has 204 valence electrons. The van der Waals surface area contributed by atoms with Gasteiger partial charge in [0.05, 0.1) is 35.2 Å². The number of imidazole rings is 1. The Bertz CT molecular complexity index is 1630. The normalized spacial score (nSPS) is 19.6. The van der Waals surface area contributed by atoms with Crippen LogP contribution in [0.15, 0.2) is 48.8 Å². The van der Waals surface area contributed by atoms with Gasteiger partial charge in [-0.05, 0) is 75.3 Å². The largest absolute Gasteiger partial charge is 0.490 e. The number of hydrogen-bond donors (Lipinski definition) is 1. The number of nitriles is 1. The lowest BCUT2D eigenvalue weighted by molar-refractivity contribution is -0.143. The quantitative estimate of drug-likeness (QED) is 0.279. The van der Waals surface area contributed by atoms with Gasteiger partial charge in [-0.15, -0.1) is 0 Å². The Labute approximate surface area is 236 Å². The Morgan fingerprint density at radius 1 is 1.18 bits per heavy atom. The third-order valence-corrected chi connectivity index (χ3v) is 8.08. The van der Waals surface area contributed by atoms with Gasteiger partial charge in [0, 0.05) is 5.56 Å². The van der Waals surface area contributed by atoms with Gasteiger partial charge in [0.1, 0.15) is 23.5 Å². The fourth-order valence-electron chi connectivity index (χ4n) is 5.17. The number of aromatic nitrogens is 4. The van der Waals surface area contributed by atoms with Crippen LogP contribution in [0.1, 0.15) is 56.6 Å². The van der Waals surface area contributed by atoms with E-state index in [0.29, 0.717) is 77.0 Å². The van der Waals surface area contributed by atoms with Crippen molar-refractivity contribution < 1.29 is 19.4 Å². The molecule has 2 aliphatic rings. The number of carbonyl (C=O) groups is 1. The molecule has 0 bridgehead atoms. The van der Waals surface area contributed by atoms with Gasteiger partial charge < -0.3 is 19.1 Å². The van der Waals surface area contributed by atoms with Crippen molar-refractivity contribution in [2.45, 2.75) is 63.7 Å². The molecule has 2 fully saturated rings. The van der Waals surface area contributed by atoms with E-state index >= 15 is 0 Å². The van der Waals surface area contributed by atoms with Crippen molar-refractivity contribution in [1.82, 2.24) is 19.5 Å². The van der Waals surface area contributed by atoms with Gasteiger partial charge in [0.25, 0.3) is 0 Å². The number of benzene rings is 2. The lowest BCUT2D eigenvalue weighted by Gasteiger charge is -2.27. The zero-order valence-corrected chi connectivity index (χ0v) is 22.8. The average Bonchev–Trinajstić information content (AvgIpc) is 3.57. The third-order valence-electron chi connectivity index (χ3n) is 7.77. The zero-order chi connectivity index (χ0) is 27.9. The van der Waals surface area contributed by atoms with E-state index in [1.165, 1.54) is 6.33 Å². The summed E-state index contributed by atoms with van der Waals surface area (Å²) in [5.74, 6) is 0.578. The summed E-state index contributed by atoms with van der Waals surface area (Å²) in [5, 5.41) is 19.4. The second-order valence-electron chi connectivity index (χ2n) is 10.8. The fourth-order valence-corrected chi connectivity index (χ4v) is 5.42. The van der Waals surface area contributed by atoms with Crippen LogP contribution < -0.4 is 9.47 Å². The van der Waals surface area contributed by atoms with Gasteiger partial charge >= 0.3 is 5.97 Å². The highest BCUT2D eigenvalue weighted by atomic mass is 35.5. The predicted octanol–water partition coefficient (Wildman–Crippen LogP) is 6.02. The summed E-state index contributed by atoms with van der Waals surface area (Å²) in [5.41, 5.74) is 2.95. The van der Waals surface area contributed by atoms with Crippen LogP contribution in [0.25, 0.3) is 22.6 Å². The van der Waals surface area contributed by atoms with Crippen LogP contribution in [-0.4, -0.2) is 42.3 Å². The first-order chi connectivity index (χ1) is 19.3. The number of ether oxygens (including phenoxy) is 2. The number of rotatable bonds is 8. The molecule has 40 heavy (non-hydrogen) atoms. The molecule has 0 spiro atoms. The molecule has 4 aromatic rings. The van der Waals surface area contributed by atoms with Crippen molar-refractivity contribution in [3.05, 3.63) is 64.9 Å². The SMILES string of the molecule is CC1(Oc2ncnc3c2nc(-c2ccc(OC4CCC(C(=O)O)CC4)cc2Cl)n3Cc2ccccc2C#N)CC1. The standard InChI is InChI=1S/C30H28ClN5O4/c1-30(12-13-30)40-28-25-27(33-17-34-28)36(16-20-5-3-2-4-19(20)15-32)26(35-25)23-11-10-22(14-24(23)31)39-21-8-6-18(7-9-21)29(37)38/h2-5,10-11,14,17-18,21H,6-9,12-13,16H2,1H3,(H,37,38). The number of nitrogens with zero attached hydrogens (tertiary/aromatic N) is 5. The average molecular weight is 558 g/mol. The maximum absolute atomic E-state index is 11.3. The summed E-state index contributed by atoms with van der Waals surface area (Å²) in [6.45, 7) is 2.40. The Morgan fingerprint density at radius 3 is 2.65 bits per heavy atom. The summed E-state index contributed by atoms with van der Waals surface area (Å²) >= 11 is 6.83. The minimum atomic E-state index is -0.740. The molecular formula is C30H28ClN5O4. The molecule has 2 saturated carbocycles. The predicted molar refractivity (Wildman–Crippen MR) is 148 cm³/mol. The highest BCUT2D eigenvalue weighted by Crippen LogP contribution is 2.41. The van der Waals surface area contributed by atoms with E-state index in [2.05, 4.69) is 16.0 Å². The fraction of sp³-hybridized carbons (Fsp3) is 0.367. The van der Waals surface area contributed by atoms with Gasteiger partial charge in [-0.1, -0.05) is 29.8 Å². The molecule has 6 rings (SSSR count). The van der Waals surface area contributed by atoms with Crippen LogP contribution in [0.3, 0.4) is 0 Å². The Balaban J connectivity index is 1.36. The van der Waals surface area contributed by atoms with Crippen LogP contribution >= 0.6 is 11.6 Å². The maximum atomic E-state index is 11.3. The molecule has 0 aliphatic heterocycles. The van der Waals surface area contributed by atoms with Crippen LogP contribution in [-0.2, 0) is 11.3 Å². The van der Waals surface area contributed by atoms with Gasteiger partial charge in [0.15, 0.2) is 11.2 Å². The molecule has 2 aromatic heterocycles. The molecule has 1 N–H and O–H groups in total. The Hall–Kier alpha value is -4.16. The summed E-state index contributed by atoms with van der Waals surface area (Å²) in [6.07, 6.45) is 5.90. The number of aliphatic carboxylic acids is 1. The van der Waals surface area contributed by atoms with E-state index in [1.54, 1.807) is 12.1 Å². The molecule has 9 nitrogen and oxygen atoms in total. The van der Waals surface area contributed by atoms with Gasteiger partial charge in [0.2, 0.25) is 5.88 Å². The molecule has 2 aliphatic carbocycles. The van der Waals surface area contributed by atoms with Gasteiger partial charge in [-0.25, -0.2) is 9.97 Å². The topological polar surface area (TPSA) is 123 Å².